The zero-order valence-corrected chi connectivity index (χ0v) is 14.7. The number of benzene rings is 1. The summed E-state index contributed by atoms with van der Waals surface area (Å²) in [6.45, 7) is 3.23. The fraction of sp³-hybridized carbons (Fsp3) is 0.263. The van der Waals surface area contributed by atoms with Gasteiger partial charge in [0, 0.05) is 32.2 Å². The Morgan fingerprint density at radius 2 is 1.92 bits per heavy atom. The van der Waals surface area contributed by atoms with Crippen LogP contribution >= 0.6 is 11.3 Å². The van der Waals surface area contributed by atoms with Crippen LogP contribution in [0.15, 0.2) is 53.9 Å². The van der Waals surface area contributed by atoms with Crippen molar-refractivity contribution in [2.75, 3.05) is 31.1 Å². The summed E-state index contributed by atoms with van der Waals surface area (Å²) >= 11 is 1.51. The topological polar surface area (TPSA) is 52.2 Å². The Kier molecular flexibility index (Phi) is 4.52. The van der Waals surface area contributed by atoms with E-state index in [2.05, 4.69) is 33.3 Å². The van der Waals surface area contributed by atoms with E-state index in [0.717, 1.165) is 54.6 Å². The molecule has 0 spiro atoms. The number of aromatic amines is 1. The second-order valence-electron chi connectivity index (χ2n) is 6.12. The van der Waals surface area contributed by atoms with Gasteiger partial charge in [0.2, 0.25) is 0 Å². The third-order valence-electron chi connectivity index (χ3n) is 4.49. The molecule has 2 aromatic heterocycles. The third kappa shape index (κ3) is 3.44. The molecule has 1 saturated heterocycles. The molecule has 5 nitrogen and oxygen atoms in total. The molecule has 1 N–H and O–H groups in total. The van der Waals surface area contributed by atoms with E-state index < -0.39 is 0 Å². The van der Waals surface area contributed by atoms with Crippen molar-refractivity contribution in [2.45, 2.75) is 6.42 Å². The smallest absolute Gasteiger partial charge is 0.263 e. The number of anilines is 1. The molecule has 0 unspecified atom stereocenters. The molecule has 0 saturated carbocycles. The first-order valence-electron chi connectivity index (χ1n) is 8.50. The minimum Gasteiger partial charge on any atom is -0.353 e. The maximum atomic E-state index is 12.5. The zero-order chi connectivity index (χ0) is 17.1. The Hall–Kier alpha value is -2.60. The molecule has 0 aliphatic carbocycles. The lowest BCUT2D eigenvalue weighted by Crippen LogP contribution is -2.34. The Morgan fingerprint density at radius 1 is 1.04 bits per heavy atom. The SMILES string of the molecule is O=C(c1cccs1)N1CCCN(c2cc(-c3ccccc3)[nH]n2)CC1. The van der Waals surface area contributed by atoms with Crippen molar-refractivity contribution in [2.24, 2.45) is 0 Å². The van der Waals surface area contributed by atoms with Crippen LogP contribution in [0.3, 0.4) is 0 Å². The minimum atomic E-state index is 0.142. The first-order valence-corrected chi connectivity index (χ1v) is 9.38. The average molecular weight is 352 g/mol. The molecule has 4 rings (SSSR count). The van der Waals surface area contributed by atoms with Crippen LogP contribution in [0.4, 0.5) is 5.82 Å². The number of nitrogens with one attached hydrogen (secondary N) is 1. The molecule has 1 fully saturated rings. The second kappa shape index (κ2) is 7.11. The van der Waals surface area contributed by atoms with Gasteiger partial charge in [-0.25, -0.2) is 0 Å². The Balaban J connectivity index is 1.45. The van der Waals surface area contributed by atoms with E-state index in [1.54, 1.807) is 0 Å². The predicted molar refractivity (Wildman–Crippen MR) is 101 cm³/mol. The number of H-pyrrole nitrogens is 1. The van der Waals surface area contributed by atoms with Crippen molar-refractivity contribution in [1.82, 2.24) is 15.1 Å². The average Bonchev–Trinajstić information content (AvgIpc) is 3.30. The quantitative estimate of drug-likeness (QED) is 0.785. The summed E-state index contributed by atoms with van der Waals surface area (Å²) in [6, 6.07) is 16.1. The number of carbonyl (C=O) groups is 1. The summed E-state index contributed by atoms with van der Waals surface area (Å²) in [7, 11) is 0. The van der Waals surface area contributed by atoms with E-state index in [1.165, 1.54) is 11.3 Å². The summed E-state index contributed by atoms with van der Waals surface area (Å²) in [6.07, 6.45) is 0.949. The summed E-state index contributed by atoms with van der Waals surface area (Å²) in [5.74, 6) is 1.09. The van der Waals surface area contributed by atoms with Crippen LogP contribution in [-0.2, 0) is 0 Å². The van der Waals surface area contributed by atoms with Gasteiger partial charge in [0.15, 0.2) is 5.82 Å². The maximum absolute atomic E-state index is 12.5. The number of carbonyl (C=O) groups excluding carboxylic acids is 1. The van der Waals surface area contributed by atoms with Crippen LogP contribution in [0.25, 0.3) is 11.3 Å². The number of hydrogen-bond donors (Lipinski definition) is 1. The molecule has 1 amide bonds. The van der Waals surface area contributed by atoms with Gasteiger partial charge in [-0.2, -0.15) is 5.10 Å². The molecular formula is C19H20N4OS. The minimum absolute atomic E-state index is 0.142. The summed E-state index contributed by atoms with van der Waals surface area (Å²) < 4.78 is 0. The maximum Gasteiger partial charge on any atom is 0.263 e. The van der Waals surface area contributed by atoms with Crippen LogP contribution in [0.2, 0.25) is 0 Å². The molecule has 3 aromatic rings. The molecule has 6 heteroatoms. The van der Waals surface area contributed by atoms with Gasteiger partial charge in [-0.05, 0) is 23.4 Å². The van der Waals surface area contributed by atoms with E-state index in [-0.39, 0.29) is 5.91 Å². The summed E-state index contributed by atoms with van der Waals surface area (Å²) in [4.78, 5) is 17.6. The number of hydrogen-bond acceptors (Lipinski definition) is 4. The molecular weight excluding hydrogens is 332 g/mol. The molecule has 3 heterocycles. The molecule has 128 valence electrons. The number of rotatable bonds is 3. The number of nitrogens with zero attached hydrogens (tertiary/aromatic N) is 3. The van der Waals surface area contributed by atoms with Crippen LogP contribution < -0.4 is 4.90 Å². The van der Waals surface area contributed by atoms with Gasteiger partial charge in [-0.15, -0.1) is 11.3 Å². The molecule has 25 heavy (non-hydrogen) atoms. The molecule has 1 aliphatic rings. The van der Waals surface area contributed by atoms with Crippen LogP contribution in [0.1, 0.15) is 16.1 Å². The van der Waals surface area contributed by atoms with Gasteiger partial charge in [0.05, 0.1) is 10.6 Å². The van der Waals surface area contributed by atoms with Crippen molar-refractivity contribution in [3.05, 3.63) is 58.8 Å². The largest absolute Gasteiger partial charge is 0.353 e. The fourth-order valence-corrected chi connectivity index (χ4v) is 3.84. The van der Waals surface area contributed by atoms with E-state index in [9.17, 15) is 4.79 Å². The first-order chi connectivity index (χ1) is 12.3. The highest BCUT2D eigenvalue weighted by Crippen LogP contribution is 2.23. The van der Waals surface area contributed by atoms with Gasteiger partial charge in [0.1, 0.15) is 0 Å². The fourth-order valence-electron chi connectivity index (χ4n) is 3.14. The second-order valence-corrected chi connectivity index (χ2v) is 7.06. The Labute approximate surface area is 150 Å². The van der Waals surface area contributed by atoms with Crippen molar-refractivity contribution >= 4 is 23.1 Å². The van der Waals surface area contributed by atoms with Crippen molar-refractivity contribution in [1.29, 1.82) is 0 Å². The van der Waals surface area contributed by atoms with Crippen molar-refractivity contribution in [3.8, 4) is 11.3 Å². The van der Waals surface area contributed by atoms with E-state index >= 15 is 0 Å². The van der Waals surface area contributed by atoms with Crippen LogP contribution in [-0.4, -0.2) is 47.2 Å². The highest BCUT2D eigenvalue weighted by Gasteiger charge is 2.22. The van der Waals surface area contributed by atoms with Crippen LogP contribution in [0.5, 0.6) is 0 Å². The van der Waals surface area contributed by atoms with E-state index in [0.29, 0.717) is 0 Å². The molecule has 0 atom stereocenters. The first kappa shape index (κ1) is 15.9. The zero-order valence-electron chi connectivity index (χ0n) is 13.9. The standard InChI is InChI=1S/C19H20N4OS/c24-19(17-8-4-13-25-17)23-10-5-9-22(11-12-23)18-14-16(20-21-18)15-6-2-1-3-7-15/h1-4,6-8,13-14H,5,9-12H2,(H,20,21). The van der Waals surface area contributed by atoms with Gasteiger partial charge in [-0.3, -0.25) is 9.89 Å². The van der Waals surface area contributed by atoms with E-state index in [1.807, 2.05) is 40.6 Å². The van der Waals surface area contributed by atoms with Gasteiger partial charge in [0.25, 0.3) is 5.91 Å². The van der Waals surface area contributed by atoms with Gasteiger partial charge >= 0.3 is 0 Å². The number of amides is 1. The molecule has 1 aromatic carbocycles. The number of aromatic nitrogens is 2. The predicted octanol–water partition coefficient (Wildman–Crippen LogP) is 3.49. The number of thiophene rings is 1. The van der Waals surface area contributed by atoms with Crippen molar-refractivity contribution < 1.29 is 4.79 Å². The highest BCUT2D eigenvalue weighted by atomic mass is 32.1. The molecule has 0 bridgehead atoms. The van der Waals surface area contributed by atoms with Gasteiger partial charge < -0.3 is 9.80 Å². The Bertz CT molecular complexity index is 828. The molecule has 0 radical (unpaired) electrons. The van der Waals surface area contributed by atoms with Crippen molar-refractivity contribution in [3.63, 3.8) is 0 Å². The lowest BCUT2D eigenvalue weighted by molar-refractivity contribution is 0.0772. The lowest BCUT2D eigenvalue weighted by atomic mass is 10.1. The molecule has 1 aliphatic heterocycles. The third-order valence-corrected chi connectivity index (χ3v) is 5.35. The monoisotopic (exact) mass is 352 g/mol. The Morgan fingerprint density at radius 3 is 2.72 bits per heavy atom. The summed E-state index contributed by atoms with van der Waals surface area (Å²) in [5.41, 5.74) is 2.15. The van der Waals surface area contributed by atoms with Gasteiger partial charge in [-0.1, -0.05) is 36.4 Å². The van der Waals surface area contributed by atoms with Crippen LogP contribution in [0, 0.1) is 0 Å². The highest BCUT2D eigenvalue weighted by molar-refractivity contribution is 7.12. The lowest BCUT2D eigenvalue weighted by Gasteiger charge is -2.21. The van der Waals surface area contributed by atoms with E-state index in [4.69, 9.17) is 0 Å². The summed E-state index contributed by atoms with van der Waals surface area (Å²) in [5, 5.41) is 9.55. The normalized spacial score (nSPS) is 15.2.